The second kappa shape index (κ2) is 5.33. The molecular formula is C14H13N3O3S. The Morgan fingerprint density at radius 3 is 3.00 bits per heavy atom. The molecule has 108 valence electrons. The number of benzene rings is 1. The molecule has 0 spiro atoms. The van der Waals surface area contributed by atoms with E-state index in [2.05, 4.69) is 9.97 Å². The molecule has 1 aliphatic heterocycles. The van der Waals surface area contributed by atoms with Crippen molar-refractivity contribution in [2.24, 2.45) is 0 Å². The number of carbonyl (C=O) groups excluding carboxylic acids is 2. The highest BCUT2D eigenvalue weighted by molar-refractivity contribution is 8.14. The third kappa shape index (κ3) is 2.69. The Balaban J connectivity index is 1.94. The maximum atomic E-state index is 12.1. The van der Waals surface area contributed by atoms with Crippen LogP contribution in [0.25, 0.3) is 10.9 Å². The van der Waals surface area contributed by atoms with Crippen molar-refractivity contribution in [1.82, 2.24) is 9.97 Å². The van der Waals surface area contributed by atoms with Crippen molar-refractivity contribution >= 4 is 39.4 Å². The highest BCUT2D eigenvalue weighted by Crippen LogP contribution is 2.29. The number of nitrogens with zero attached hydrogens (tertiary/aromatic N) is 2. The van der Waals surface area contributed by atoms with E-state index in [0.29, 0.717) is 29.6 Å². The number of rotatable bonds is 2. The number of aromatic nitrogens is 2. The molecule has 0 saturated carbocycles. The molecule has 2 heterocycles. The van der Waals surface area contributed by atoms with Gasteiger partial charge in [-0.25, -0.2) is 4.98 Å². The molecule has 0 radical (unpaired) electrons. The maximum absolute atomic E-state index is 12.1. The fourth-order valence-electron chi connectivity index (χ4n) is 2.46. The van der Waals surface area contributed by atoms with E-state index in [1.54, 1.807) is 23.1 Å². The molecule has 21 heavy (non-hydrogen) atoms. The van der Waals surface area contributed by atoms with Crippen LogP contribution in [0, 0.1) is 0 Å². The topological polar surface area (TPSA) is 83.1 Å². The van der Waals surface area contributed by atoms with Gasteiger partial charge in [-0.3, -0.25) is 14.4 Å². The summed E-state index contributed by atoms with van der Waals surface area (Å²) >= 11 is 1.19. The van der Waals surface area contributed by atoms with Gasteiger partial charge in [-0.05, 0) is 18.2 Å². The summed E-state index contributed by atoms with van der Waals surface area (Å²) in [4.78, 5) is 43.2. The lowest BCUT2D eigenvalue weighted by atomic mass is 10.2. The van der Waals surface area contributed by atoms with Crippen LogP contribution in [-0.4, -0.2) is 32.8 Å². The van der Waals surface area contributed by atoms with Crippen molar-refractivity contribution in [3.8, 4) is 0 Å². The van der Waals surface area contributed by atoms with Crippen molar-refractivity contribution in [2.75, 3.05) is 11.4 Å². The second-order valence-electron chi connectivity index (χ2n) is 4.87. The number of H-pyrrole nitrogens is 1. The lowest BCUT2D eigenvalue weighted by Crippen LogP contribution is -2.25. The summed E-state index contributed by atoms with van der Waals surface area (Å²) in [5.74, 6) is -0.0339. The number of amides is 1. The fraction of sp³-hybridized carbons (Fsp3) is 0.286. The minimum Gasteiger partial charge on any atom is -0.313 e. The SMILES string of the molecule is CC(=O)SC1CC(=O)N(c2ccc3nc[nH]c(=O)c3c2)C1. The molecule has 1 aromatic carbocycles. The monoisotopic (exact) mass is 303 g/mol. The average molecular weight is 303 g/mol. The number of aromatic amines is 1. The van der Waals surface area contributed by atoms with E-state index in [0.717, 1.165) is 0 Å². The smallest absolute Gasteiger partial charge is 0.258 e. The van der Waals surface area contributed by atoms with Crippen molar-refractivity contribution in [2.45, 2.75) is 18.6 Å². The number of anilines is 1. The lowest BCUT2D eigenvalue weighted by molar-refractivity contribution is -0.117. The van der Waals surface area contributed by atoms with E-state index in [1.807, 2.05) is 0 Å². The Labute approximate surface area is 124 Å². The molecule has 3 rings (SSSR count). The predicted molar refractivity (Wildman–Crippen MR) is 81.4 cm³/mol. The first-order valence-corrected chi connectivity index (χ1v) is 7.37. The molecule has 2 aromatic rings. The summed E-state index contributed by atoms with van der Waals surface area (Å²) in [5.41, 5.74) is 1.02. The summed E-state index contributed by atoms with van der Waals surface area (Å²) in [6.45, 7) is 1.98. The zero-order valence-electron chi connectivity index (χ0n) is 11.3. The summed E-state index contributed by atoms with van der Waals surface area (Å²) in [6, 6.07) is 5.16. The van der Waals surface area contributed by atoms with Gasteiger partial charge in [0.05, 0.1) is 17.2 Å². The van der Waals surface area contributed by atoms with Gasteiger partial charge in [-0.1, -0.05) is 11.8 Å². The van der Waals surface area contributed by atoms with Crippen LogP contribution in [0.1, 0.15) is 13.3 Å². The van der Waals surface area contributed by atoms with Crippen LogP contribution >= 0.6 is 11.8 Å². The van der Waals surface area contributed by atoms with Crippen LogP contribution < -0.4 is 10.5 Å². The highest BCUT2D eigenvalue weighted by Gasteiger charge is 2.32. The Bertz CT molecular complexity index is 786. The number of fused-ring (bicyclic) bond motifs is 1. The van der Waals surface area contributed by atoms with E-state index < -0.39 is 0 Å². The summed E-state index contributed by atoms with van der Waals surface area (Å²) < 4.78 is 0. The van der Waals surface area contributed by atoms with E-state index in [1.165, 1.54) is 25.0 Å². The Morgan fingerprint density at radius 1 is 1.43 bits per heavy atom. The second-order valence-corrected chi connectivity index (χ2v) is 6.35. The minimum absolute atomic E-state index is 0.00815. The summed E-state index contributed by atoms with van der Waals surface area (Å²) in [7, 11) is 0. The quantitative estimate of drug-likeness (QED) is 0.904. The highest BCUT2D eigenvalue weighted by atomic mass is 32.2. The molecule has 1 aliphatic rings. The van der Waals surface area contributed by atoms with E-state index >= 15 is 0 Å². The molecule has 0 aliphatic carbocycles. The van der Waals surface area contributed by atoms with Gasteiger partial charge in [-0.15, -0.1) is 0 Å². The number of carbonyl (C=O) groups is 2. The van der Waals surface area contributed by atoms with E-state index in [9.17, 15) is 14.4 Å². The molecule has 6 nitrogen and oxygen atoms in total. The van der Waals surface area contributed by atoms with Gasteiger partial charge < -0.3 is 9.88 Å². The molecular weight excluding hydrogens is 290 g/mol. The third-order valence-corrected chi connectivity index (χ3v) is 4.34. The van der Waals surface area contributed by atoms with Gasteiger partial charge in [0.1, 0.15) is 0 Å². The van der Waals surface area contributed by atoms with Crippen LogP contribution in [0.5, 0.6) is 0 Å². The Morgan fingerprint density at radius 2 is 2.24 bits per heavy atom. The van der Waals surface area contributed by atoms with Crippen LogP contribution in [0.15, 0.2) is 29.3 Å². The van der Waals surface area contributed by atoms with Crippen molar-refractivity contribution in [1.29, 1.82) is 0 Å². The molecule has 7 heteroatoms. The van der Waals surface area contributed by atoms with Crippen molar-refractivity contribution < 1.29 is 9.59 Å². The molecule has 1 saturated heterocycles. The van der Waals surface area contributed by atoms with Gasteiger partial charge in [-0.2, -0.15) is 0 Å². The standard InChI is InChI=1S/C14H13N3O3S/c1-8(18)21-10-5-13(19)17(6-10)9-2-3-12-11(4-9)14(20)16-7-15-12/h2-4,7,10H,5-6H2,1H3,(H,15,16,20). The van der Waals surface area contributed by atoms with Gasteiger partial charge in [0.2, 0.25) is 5.91 Å². The molecule has 1 unspecified atom stereocenters. The number of hydrogen-bond donors (Lipinski definition) is 1. The zero-order valence-corrected chi connectivity index (χ0v) is 12.1. The number of thioether (sulfide) groups is 1. The lowest BCUT2D eigenvalue weighted by Gasteiger charge is -2.16. The third-order valence-electron chi connectivity index (χ3n) is 3.36. The summed E-state index contributed by atoms with van der Waals surface area (Å²) in [5, 5.41) is 0.428. The summed E-state index contributed by atoms with van der Waals surface area (Å²) in [6.07, 6.45) is 1.69. The fourth-order valence-corrected chi connectivity index (χ4v) is 3.38. The molecule has 1 amide bonds. The largest absolute Gasteiger partial charge is 0.313 e. The van der Waals surface area contributed by atoms with Crippen LogP contribution in [-0.2, 0) is 9.59 Å². The zero-order chi connectivity index (χ0) is 15.0. The maximum Gasteiger partial charge on any atom is 0.258 e. The molecule has 1 atom stereocenters. The van der Waals surface area contributed by atoms with Gasteiger partial charge in [0.25, 0.3) is 5.56 Å². The van der Waals surface area contributed by atoms with Gasteiger partial charge >= 0.3 is 0 Å². The van der Waals surface area contributed by atoms with Gasteiger partial charge in [0, 0.05) is 30.8 Å². The first-order chi connectivity index (χ1) is 10.0. The molecule has 1 fully saturated rings. The average Bonchev–Trinajstić information content (AvgIpc) is 2.79. The minimum atomic E-state index is -0.233. The molecule has 1 aromatic heterocycles. The van der Waals surface area contributed by atoms with Crippen LogP contribution in [0.4, 0.5) is 5.69 Å². The predicted octanol–water partition coefficient (Wildman–Crippen LogP) is 1.31. The van der Waals surface area contributed by atoms with Crippen molar-refractivity contribution in [3.63, 3.8) is 0 Å². The number of hydrogen-bond acceptors (Lipinski definition) is 5. The normalized spacial score (nSPS) is 18.4. The first kappa shape index (κ1) is 13.8. The van der Waals surface area contributed by atoms with Gasteiger partial charge in [0.15, 0.2) is 5.12 Å². The molecule has 1 N–H and O–H groups in total. The Kier molecular flexibility index (Phi) is 3.50. The first-order valence-electron chi connectivity index (χ1n) is 6.49. The number of nitrogens with one attached hydrogen (secondary N) is 1. The van der Waals surface area contributed by atoms with E-state index in [4.69, 9.17) is 0 Å². The van der Waals surface area contributed by atoms with Crippen LogP contribution in [0.2, 0.25) is 0 Å². The Hall–Kier alpha value is -2.15. The van der Waals surface area contributed by atoms with E-state index in [-0.39, 0.29) is 21.8 Å². The van der Waals surface area contributed by atoms with Crippen molar-refractivity contribution in [3.05, 3.63) is 34.9 Å². The van der Waals surface area contributed by atoms with Crippen LogP contribution in [0.3, 0.4) is 0 Å². The molecule has 0 bridgehead atoms.